The van der Waals surface area contributed by atoms with Crippen molar-refractivity contribution in [2.45, 2.75) is 33.4 Å². The van der Waals surface area contributed by atoms with Crippen molar-refractivity contribution in [3.8, 4) is 0 Å². The molecule has 0 aliphatic carbocycles. The number of anilines is 1. The van der Waals surface area contributed by atoms with E-state index in [1.54, 1.807) is 12.1 Å². The van der Waals surface area contributed by atoms with Crippen molar-refractivity contribution in [2.75, 3.05) is 11.9 Å². The number of carbonyl (C=O) groups excluding carboxylic acids is 1. The molecule has 136 valence electrons. The third-order valence-corrected chi connectivity index (χ3v) is 3.12. The van der Waals surface area contributed by atoms with Crippen molar-refractivity contribution in [1.82, 2.24) is 10.6 Å². The van der Waals surface area contributed by atoms with Gasteiger partial charge >= 0.3 is 0 Å². The monoisotopic (exact) mass is 456 g/mol. The molecule has 3 N–H and O–H groups in total. The van der Waals surface area contributed by atoms with Crippen LogP contribution in [-0.4, -0.2) is 24.5 Å². The van der Waals surface area contributed by atoms with Gasteiger partial charge in [-0.05, 0) is 50.6 Å². The molecule has 2 aromatic rings. The van der Waals surface area contributed by atoms with Crippen LogP contribution in [0.15, 0.2) is 52.1 Å². The number of aliphatic imine (C=N–C) groups is 1. The molecule has 1 aromatic carbocycles. The average molecular weight is 456 g/mol. The van der Waals surface area contributed by atoms with E-state index in [0.717, 1.165) is 18.1 Å². The Hall–Kier alpha value is -2.03. The number of furan rings is 1. The standard InChI is InChI=1S/C18H24N4O2.HI/c1-4-19-18(21-13(2)3)20-12-14-7-5-8-15(11-14)22-17(23)16-9-6-10-24-16;/h5-11,13H,4,12H2,1-3H3,(H,22,23)(H2,19,20,21);1H. The van der Waals surface area contributed by atoms with Gasteiger partial charge in [0.2, 0.25) is 0 Å². The number of halogens is 1. The van der Waals surface area contributed by atoms with E-state index in [-0.39, 0.29) is 35.6 Å². The number of carbonyl (C=O) groups is 1. The molecule has 1 heterocycles. The summed E-state index contributed by atoms with van der Waals surface area (Å²) in [5.41, 5.74) is 1.72. The lowest BCUT2D eigenvalue weighted by Crippen LogP contribution is -2.40. The van der Waals surface area contributed by atoms with Crippen LogP contribution >= 0.6 is 24.0 Å². The lowest BCUT2D eigenvalue weighted by atomic mass is 10.2. The van der Waals surface area contributed by atoms with E-state index in [4.69, 9.17) is 4.42 Å². The zero-order valence-electron chi connectivity index (χ0n) is 14.7. The van der Waals surface area contributed by atoms with E-state index in [0.29, 0.717) is 18.3 Å². The first-order chi connectivity index (χ1) is 11.6. The van der Waals surface area contributed by atoms with Gasteiger partial charge in [-0.15, -0.1) is 24.0 Å². The third-order valence-electron chi connectivity index (χ3n) is 3.12. The van der Waals surface area contributed by atoms with Crippen LogP contribution in [0.4, 0.5) is 5.69 Å². The summed E-state index contributed by atoms with van der Waals surface area (Å²) in [4.78, 5) is 16.6. The highest BCUT2D eigenvalue weighted by Gasteiger charge is 2.08. The highest BCUT2D eigenvalue weighted by molar-refractivity contribution is 14.0. The predicted molar refractivity (Wildman–Crippen MR) is 112 cm³/mol. The van der Waals surface area contributed by atoms with Crippen LogP contribution in [-0.2, 0) is 6.54 Å². The number of amides is 1. The SMILES string of the molecule is CCNC(=NCc1cccc(NC(=O)c2ccco2)c1)NC(C)C.I. The molecule has 0 aliphatic heterocycles. The van der Waals surface area contributed by atoms with E-state index in [1.165, 1.54) is 6.26 Å². The molecule has 0 unspecified atom stereocenters. The molecular formula is C18H25IN4O2. The number of hydrogen-bond acceptors (Lipinski definition) is 3. The van der Waals surface area contributed by atoms with E-state index in [9.17, 15) is 4.79 Å². The molecule has 1 aromatic heterocycles. The summed E-state index contributed by atoms with van der Waals surface area (Å²) in [5, 5.41) is 9.30. The Labute approximate surface area is 165 Å². The molecule has 1 amide bonds. The Kier molecular flexibility index (Phi) is 9.04. The fraction of sp³-hybridized carbons (Fsp3) is 0.333. The predicted octanol–water partition coefficient (Wildman–Crippen LogP) is 3.61. The van der Waals surface area contributed by atoms with Crippen LogP contribution in [0.1, 0.15) is 36.9 Å². The summed E-state index contributed by atoms with van der Waals surface area (Å²) < 4.78 is 5.09. The Morgan fingerprint density at radius 3 is 2.68 bits per heavy atom. The number of hydrogen-bond donors (Lipinski definition) is 3. The van der Waals surface area contributed by atoms with Crippen LogP contribution in [0.25, 0.3) is 0 Å². The lowest BCUT2D eigenvalue weighted by molar-refractivity contribution is 0.0996. The molecule has 0 atom stereocenters. The average Bonchev–Trinajstić information content (AvgIpc) is 3.07. The summed E-state index contributed by atoms with van der Waals surface area (Å²) in [5.74, 6) is 0.793. The topological polar surface area (TPSA) is 78.7 Å². The van der Waals surface area contributed by atoms with E-state index in [2.05, 4.69) is 34.8 Å². The van der Waals surface area contributed by atoms with Gasteiger partial charge in [0.25, 0.3) is 5.91 Å². The number of benzene rings is 1. The van der Waals surface area contributed by atoms with Crippen LogP contribution in [0, 0.1) is 0 Å². The van der Waals surface area contributed by atoms with Gasteiger partial charge in [0.1, 0.15) is 0 Å². The van der Waals surface area contributed by atoms with Crippen molar-refractivity contribution in [3.63, 3.8) is 0 Å². The smallest absolute Gasteiger partial charge is 0.291 e. The van der Waals surface area contributed by atoms with Gasteiger partial charge in [-0.2, -0.15) is 0 Å². The zero-order valence-corrected chi connectivity index (χ0v) is 17.0. The van der Waals surface area contributed by atoms with Gasteiger partial charge in [-0.25, -0.2) is 4.99 Å². The van der Waals surface area contributed by atoms with Crippen LogP contribution < -0.4 is 16.0 Å². The van der Waals surface area contributed by atoms with Crippen LogP contribution in [0.5, 0.6) is 0 Å². The second-order valence-corrected chi connectivity index (χ2v) is 5.63. The van der Waals surface area contributed by atoms with Gasteiger partial charge in [0.05, 0.1) is 12.8 Å². The number of nitrogens with zero attached hydrogens (tertiary/aromatic N) is 1. The van der Waals surface area contributed by atoms with Crippen molar-refractivity contribution < 1.29 is 9.21 Å². The molecule has 25 heavy (non-hydrogen) atoms. The van der Waals surface area contributed by atoms with E-state index >= 15 is 0 Å². The molecule has 0 saturated carbocycles. The minimum Gasteiger partial charge on any atom is -0.459 e. The van der Waals surface area contributed by atoms with Crippen molar-refractivity contribution in [1.29, 1.82) is 0 Å². The van der Waals surface area contributed by atoms with E-state index < -0.39 is 0 Å². The van der Waals surface area contributed by atoms with Crippen LogP contribution in [0.2, 0.25) is 0 Å². The van der Waals surface area contributed by atoms with Crippen molar-refractivity contribution in [2.24, 2.45) is 4.99 Å². The van der Waals surface area contributed by atoms with Crippen LogP contribution in [0.3, 0.4) is 0 Å². The maximum absolute atomic E-state index is 12.0. The second-order valence-electron chi connectivity index (χ2n) is 5.63. The minimum atomic E-state index is -0.268. The van der Waals surface area contributed by atoms with Gasteiger partial charge in [-0.3, -0.25) is 4.79 Å². The maximum atomic E-state index is 12.0. The van der Waals surface area contributed by atoms with Crippen molar-refractivity contribution >= 4 is 41.5 Å². The molecule has 0 saturated heterocycles. The fourth-order valence-electron chi connectivity index (χ4n) is 2.11. The van der Waals surface area contributed by atoms with Crippen molar-refractivity contribution in [3.05, 3.63) is 54.0 Å². The molecule has 0 radical (unpaired) electrons. The first-order valence-corrected chi connectivity index (χ1v) is 8.07. The molecule has 7 heteroatoms. The third kappa shape index (κ3) is 7.16. The van der Waals surface area contributed by atoms with Gasteiger partial charge in [0.15, 0.2) is 11.7 Å². The van der Waals surface area contributed by atoms with Gasteiger partial charge in [-0.1, -0.05) is 12.1 Å². The molecule has 0 aliphatic rings. The maximum Gasteiger partial charge on any atom is 0.291 e. The first-order valence-electron chi connectivity index (χ1n) is 8.07. The Morgan fingerprint density at radius 2 is 2.04 bits per heavy atom. The zero-order chi connectivity index (χ0) is 17.4. The van der Waals surface area contributed by atoms with Gasteiger partial charge < -0.3 is 20.4 Å². The molecule has 0 fully saturated rings. The summed E-state index contributed by atoms with van der Waals surface area (Å²) >= 11 is 0. The second kappa shape index (κ2) is 10.8. The summed E-state index contributed by atoms with van der Waals surface area (Å²) in [6, 6.07) is 11.2. The summed E-state index contributed by atoms with van der Waals surface area (Å²) in [6.07, 6.45) is 1.48. The van der Waals surface area contributed by atoms with Gasteiger partial charge in [0, 0.05) is 18.3 Å². The number of rotatable bonds is 6. The highest BCUT2D eigenvalue weighted by atomic mass is 127. The Morgan fingerprint density at radius 1 is 1.24 bits per heavy atom. The Bertz CT molecular complexity index is 684. The molecule has 0 spiro atoms. The quantitative estimate of drug-likeness (QED) is 0.353. The minimum absolute atomic E-state index is 0. The Balaban J connectivity index is 0.00000312. The molecule has 6 nitrogen and oxygen atoms in total. The van der Waals surface area contributed by atoms with E-state index in [1.807, 2.05) is 31.2 Å². The molecule has 0 bridgehead atoms. The molecule has 2 rings (SSSR count). The number of guanidine groups is 1. The molecular weight excluding hydrogens is 431 g/mol. The highest BCUT2D eigenvalue weighted by Crippen LogP contribution is 2.13. The fourth-order valence-corrected chi connectivity index (χ4v) is 2.11. The first kappa shape index (κ1) is 21.0. The largest absolute Gasteiger partial charge is 0.459 e. The lowest BCUT2D eigenvalue weighted by Gasteiger charge is -2.14. The number of nitrogens with one attached hydrogen (secondary N) is 3. The normalized spacial score (nSPS) is 11.0. The summed E-state index contributed by atoms with van der Waals surface area (Å²) in [7, 11) is 0. The summed E-state index contributed by atoms with van der Waals surface area (Å²) in [6.45, 7) is 7.49.